The lowest BCUT2D eigenvalue weighted by Gasteiger charge is -2.31. The van der Waals surface area contributed by atoms with Gasteiger partial charge in [0.2, 0.25) is 0 Å². The van der Waals surface area contributed by atoms with Crippen LogP contribution in [0.5, 0.6) is 5.75 Å². The molecular weight excluding hydrogens is 320 g/mol. The highest BCUT2D eigenvalue weighted by atomic mass is 28.4. The van der Waals surface area contributed by atoms with Crippen molar-refractivity contribution in [2.45, 2.75) is 58.6 Å². The van der Waals surface area contributed by atoms with Crippen LogP contribution in [-0.2, 0) is 20.2 Å². The lowest BCUT2D eigenvalue weighted by atomic mass is 10.1. The minimum Gasteiger partial charge on any atom is -0.497 e. The van der Waals surface area contributed by atoms with Gasteiger partial charge in [-0.3, -0.25) is 0 Å². The van der Waals surface area contributed by atoms with Crippen LogP contribution < -0.4 is 4.74 Å². The van der Waals surface area contributed by atoms with E-state index in [1.165, 1.54) is 5.57 Å². The minimum absolute atomic E-state index is 0.00428. The van der Waals surface area contributed by atoms with Crippen molar-refractivity contribution in [1.29, 1.82) is 0 Å². The molecule has 0 aliphatic carbocycles. The van der Waals surface area contributed by atoms with E-state index in [4.69, 9.17) is 18.3 Å². The van der Waals surface area contributed by atoms with Gasteiger partial charge in [-0.1, -0.05) is 23.8 Å². The molecule has 134 valence electrons. The zero-order valence-corrected chi connectivity index (χ0v) is 16.5. The molecule has 2 atom stereocenters. The van der Waals surface area contributed by atoms with Crippen LogP contribution in [0.4, 0.5) is 0 Å². The SMILES string of the molecule is COc1ccc(CO[C@@H](C)[C@@H]2C/C=C(/C)CCO[Si](C)(C)O2)cc1. The molecule has 1 heterocycles. The molecule has 0 spiro atoms. The van der Waals surface area contributed by atoms with E-state index in [-0.39, 0.29) is 12.2 Å². The molecule has 0 saturated carbocycles. The van der Waals surface area contributed by atoms with E-state index >= 15 is 0 Å². The maximum absolute atomic E-state index is 6.32. The fraction of sp³-hybridized carbons (Fsp3) is 0.579. The van der Waals surface area contributed by atoms with Gasteiger partial charge in [0.25, 0.3) is 0 Å². The largest absolute Gasteiger partial charge is 0.497 e. The van der Waals surface area contributed by atoms with Gasteiger partial charge in [0.15, 0.2) is 0 Å². The molecule has 0 saturated heterocycles. The van der Waals surface area contributed by atoms with Crippen molar-refractivity contribution in [3.8, 4) is 5.75 Å². The Bertz CT molecular complexity index is 539. The quantitative estimate of drug-likeness (QED) is 0.581. The first-order valence-electron chi connectivity index (χ1n) is 8.61. The van der Waals surface area contributed by atoms with Crippen LogP contribution in [0, 0.1) is 0 Å². The molecule has 0 bridgehead atoms. The Kier molecular flexibility index (Phi) is 7.04. The zero-order chi connectivity index (χ0) is 17.6. The maximum Gasteiger partial charge on any atom is 0.332 e. The van der Waals surface area contributed by atoms with Crippen molar-refractivity contribution < 1.29 is 18.3 Å². The summed E-state index contributed by atoms with van der Waals surface area (Å²) < 4.78 is 23.6. The highest BCUT2D eigenvalue weighted by molar-refractivity contribution is 6.64. The molecule has 0 aromatic heterocycles. The summed E-state index contributed by atoms with van der Waals surface area (Å²) in [5.74, 6) is 0.858. The molecule has 0 amide bonds. The molecular formula is C19H30O4Si. The first-order valence-corrected chi connectivity index (χ1v) is 11.4. The molecule has 0 unspecified atom stereocenters. The van der Waals surface area contributed by atoms with Crippen molar-refractivity contribution in [3.05, 3.63) is 41.5 Å². The summed E-state index contributed by atoms with van der Waals surface area (Å²) in [7, 11) is -0.439. The first kappa shape index (κ1) is 19.2. The molecule has 1 aromatic rings. The van der Waals surface area contributed by atoms with Crippen molar-refractivity contribution in [1.82, 2.24) is 0 Å². The molecule has 1 aliphatic heterocycles. The lowest BCUT2D eigenvalue weighted by molar-refractivity contribution is -0.0353. The van der Waals surface area contributed by atoms with Gasteiger partial charge >= 0.3 is 8.56 Å². The topological polar surface area (TPSA) is 36.9 Å². The predicted molar refractivity (Wildman–Crippen MR) is 98.5 cm³/mol. The molecule has 5 heteroatoms. The Morgan fingerprint density at radius 1 is 1.25 bits per heavy atom. The van der Waals surface area contributed by atoms with Crippen molar-refractivity contribution in [3.63, 3.8) is 0 Å². The zero-order valence-electron chi connectivity index (χ0n) is 15.5. The van der Waals surface area contributed by atoms with Gasteiger partial charge in [0.1, 0.15) is 5.75 Å². The standard InChI is InChI=1S/C19H30O4Si/c1-15-6-11-19(23-24(4,5)22-13-12-15)16(2)21-14-17-7-9-18(20-3)10-8-17/h6-10,16,19H,11-14H2,1-5H3/b15-6-/t16-,19-/m0/s1. The molecule has 1 aromatic carbocycles. The number of hydrogen-bond donors (Lipinski definition) is 0. The van der Waals surface area contributed by atoms with Crippen LogP contribution in [0.1, 0.15) is 32.3 Å². The monoisotopic (exact) mass is 350 g/mol. The number of benzene rings is 1. The first-order chi connectivity index (χ1) is 11.4. The average Bonchev–Trinajstić information content (AvgIpc) is 2.62. The number of rotatable bonds is 5. The Morgan fingerprint density at radius 2 is 1.96 bits per heavy atom. The second-order valence-electron chi connectivity index (χ2n) is 6.80. The molecule has 1 aliphatic rings. The van der Waals surface area contributed by atoms with Gasteiger partial charge in [-0.15, -0.1) is 0 Å². The second kappa shape index (κ2) is 8.81. The third-order valence-electron chi connectivity index (χ3n) is 4.28. The Hall–Kier alpha value is -1.14. The van der Waals surface area contributed by atoms with E-state index in [0.717, 1.165) is 30.8 Å². The van der Waals surface area contributed by atoms with E-state index in [0.29, 0.717) is 6.61 Å². The fourth-order valence-electron chi connectivity index (χ4n) is 2.67. The van der Waals surface area contributed by atoms with E-state index in [1.54, 1.807) is 7.11 Å². The summed E-state index contributed by atoms with van der Waals surface area (Å²) in [6.45, 7) is 9.77. The maximum atomic E-state index is 6.32. The third-order valence-corrected chi connectivity index (χ3v) is 6.05. The molecule has 24 heavy (non-hydrogen) atoms. The van der Waals surface area contributed by atoms with E-state index in [2.05, 4.69) is 33.0 Å². The molecule has 0 radical (unpaired) electrons. The molecule has 0 fully saturated rings. The van der Waals surface area contributed by atoms with E-state index in [9.17, 15) is 0 Å². The number of hydrogen-bond acceptors (Lipinski definition) is 4. The van der Waals surface area contributed by atoms with Crippen LogP contribution in [0.2, 0.25) is 13.1 Å². The fourth-order valence-corrected chi connectivity index (χ4v) is 4.35. The summed E-state index contributed by atoms with van der Waals surface area (Å²) in [4.78, 5) is 0. The van der Waals surface area contributed by atoms with Crippen molar-refractivity contribution in [2.75, 3.05) is 13.7 Å². The highest BCUT2D eigenvalue weighted by Crippen LogP contribution is 2.22. The van der Waals surface area contributed by atoms with Gasteiger partial charge in [0, 0.05) is 6.61 Å². The normalized spacial score (nSPS) is 24.9. The summed E-state index contributed by atoms with van der Waals surface area (Å²) in [5.41, 5.74) is 2.49. The Balaban J connectivity index is 1.96. The van der Waals surface area contributed by atoms with E-state index in [1.807, 2.05) is 24.3 Å². The lowest BCUT2D eigenvalue weighted by Crippen LogP contribution is -2.43. The van der Waals surface area contributed by atoms with Crippen molar-refractivity contribution in [2.24, 2.45) is 0 Å². The van der Waals surface area contributed by atoms with Crippen LogP contribution in [0.3, 0.4) is 0 Å². The van der Waals surface area contributed by atoms with Gasteiger partial charge < -0.3 is 18.3 Å². The third kappa shape index (κ3) is 6.05. The molecule has 2 rings (SSSR count). The predicted octanol–water partition coefficient (Wildman–Crippen LogP) is 4.44. The molecule has 4 nitrogen and oxygen atoms in total. The Labute approximate surface area is 147 Å². The average molecular weight is 351 g/mol. The van der Waals surface area contributed by atoms with Crippen molar-refractivity contribution >= 4 is 8.56 Å². The van der Waals surface area contributed by atoms with Crippen LogP contribution >= 0.6 is 0 Å². The smallest absolute Gasteiger partial charge is 0.332 e. The van der Waals surface area contributed by atoms with Crippen LogP contribution in [0.25, 0.3) is 0 Å². The van der Waals surface area contributed by atoms with Crippen LogP contribution in [0.15, 0.2) is 35.9 Å². The van der Waals surface area contributed by atoms with Gasteiger partial charge in [-0.2, -0.15) is 0 Å². The minimum atomic E-state index is -2.11. The molecule has 0 N–H and O–H groups in total. The summed E-state index contributed by atoms with van der Waals surface area (Å²) >= 11 is 0. The summed E-state index contributed by atoms with van der Waals surface area (Å²) in [6, 6.07) is 7.97. The number of ether oxygens (including phenoxy) is 2. The Morgan fingerprint density at radius 3 is 2.62 bits per heavy atom. The van der Waals surface area contributed by atoms with Gasteiger partial charge in [-0.05, 0) is 57.5 Å². The summed E-state index contributed by atoms with van der Waals surface area (Å²) in [6.07, 6.45) is 4.14. The van der Waals surface area contributed by atoms with Gasteiger partial charge in [-0.25, -0.2) is 0 Å². The summed E-state index contributed by atoms with van der Waals surface area (Å²) in [5, 5.41) is 0. The van der Waals surface area contributed by atoms with Crippen LogP contribution in [-0.4, -0.2) is 34.5 Å². The number of methoxy groups -OCH3 is 1. The second-order valence-corrected chi connectivity index (χ2v) is 10.1. The highest BCUT2D eigenvalue weighted by Gasteiger charge is 2.32. The van der Waals surface area contributed by atoms with E-state index < -0.39 is 8.56 Å². The van der Waals surface area contributed by atoms with Gasteiger partial charge in [0.05, 0.1) is 25.9 Å².